The van der Waals surface area contributed by atoms with Gasteiger partial charge >= 0.3 is 0 Å². The van der Waals surface area contributed by atoms with E-state index in [2.05, 4.69) is 48.3 Å². The van der Waals surface area contributed by atoms with Crippen molar-refractivity contribution in [2.24, 2.45) is 0 Å². The van der Waals surface area contributed by atoms with Crippen LogP contribution in [0, 0.1) is 0 Å². The van der Waals surface area contributed by atoms with Crippen molar-refractivity contribution in [3.05, 3.63) is 93.5 Å². The molecule has 186 valence electrons. The maximum atomic E-state index is 12.6. The largest absolute Gasteiger partial charge is 0.493 e. The Balaban J connectivity index is 1.43. The monoisotopic (exact) mass is 522 g/mol. The Kier molecular flexibility index (Phi) is 6.39. The molecule has 1 N–H and O–H groups in total. The zero-order valence-electron chi connectivity index (χ0n) is 20.5. The maximum Gasteiger partial charge on any atom is 0.223 e. The van der Waals surface area contributed by atoms with Crippen LogP contribution in [0.25, 0.3) is 6.08 Å². The molecule has 2 aliphatic heterocycles. The van der Waals surface area contributed by atoms with Crippen LogP contribution in [0.1, 0.15) is 37.0 Å². The predicted molar refractivity (Wildman–Crippen MR) is 145 cm³/mol. The van der Waals surface area contributed by atoms with Crippen LogP contribution < -0.4 is 19.7 Å². The molecular formula is C29H28Cl2N2O3. The number of rotatable bonds is 6. The lowest BCUT2D eigenvalue weighted by Crippen LogP contribution is -2.68. The second-order valence-corrected chi connectivity index (χ2v) is 10.5. The minimum Gasteiger partial charge on any atom is -0.493 e. The standard InChI is InChI=1S/C29H28Cl2N2O3/c1-28(2)22-6-4-5-7-24(22)33-15-13-27(34)32-29(28,33)14-12-19-8-11-25(26(16-19)35-3)36-18-20-9-10-21(30)17-23(20)31/h4-12,14,16-17H,13,15,18H2,1-3H3,(H,32,34). The number of carbonyl (C=O) groups is 1. The zero-order chi connectivity index (χ0) is 25.5. The fourth-order valence-corrected chi connectivity index (χ4v) is 5.70. The summed E-state index contributed by atoms with van der Waals surface area (Å²) in [5.41, 5.74) is 3.15. The Morgan fingerprint density at radius 3 is 2.64 bits per heavy atom. The van der Waals surface area contributed by atoms with Gasteiger partial charge in [-0.2, -0.15) is 0 Å². The van der Waals surface area contributed by atoms with Crippen molar-refractivity contribution in [1.29, 1.82) is 0 Å². The van der Waals surface area contributed by atoms with Crippen LogP contribution in [-0.4, -0.2) is 25.2 Å². The molecule has 1 fully saturated rings. The molecule has 0 radical (unpaired) electrons. The number of nitrogens with zero attached hydrogens (tertiary/aromatic N) is 1. The SMILES string of the molecule is COc1cc(C=CC23NC(=O)CCN2c2ccccc2C3(C)C)ccc1OCc1ccc(Cl)cc1Cl. The van der Waals surface area contributed by atoms with Gasteiger partial charge in [0.1, 0.15) is 12.3 Å². The van der Waals surface area contributed by atoms with Gasteiger partial charge in [0.25, 0.3) is 0 Å². The smallest absolute Gasteiger partial charge is 0.223 e. The number of para-hydroxylation sites is 1. The van der Waals surface area contributed by atoms with Gasteiger partial charge in [-0.15, -0.1) is 0 Å². The van der Waals surface area contributed by atoms with E-state index in [-0.39, 0.29) is 17.9 Å². The molecule has 1 saturated heterocycles. The van der Waals surface area contributed by atoms with Gasteiger partial charge in [-0.25, -0.2) is 0 Å². The van der Waals surface area contributed by atoms with Gasteiger partial charge in [0.05, 0.1) is 7.11 Å². The van der Waals surface area contributed by atoms with Gasteiger partial charge in [-0.05, 0) is 47.5 Å². The van der Waals surface area contributed by atoms with Crippen molar-refractivity contribution >= 4 is 40.9 Å². The molecule has 1 amide bonds. The quantitative estimate of drug-likeness (QED) is 0.395. The van der Waals surface area contributed by atoms with E-state index in [0.29, 0.717) is 34.5 Å². The second kappa shape index (κ2) is 9.38. The first kappa shape index (κ1) is 24.5. The summed E-state index contributed by atoms with van der Waals surface area (Å²) in [4.78, 5) is 14.9. The Morgan fingerprint density at radius 1 is 1.06 bits per heavy atom. The molecule has 7 heteroatoms. The van der Waals surface area contributed by atoms with Crippen LogP contribution in [0.15, 0.2) is 66.7 Å². The van der Waals surface area contributed by atoms with E-state index in [1.807, 2.05) is 36.4 Å². The number of amides is 1. The van der Waals surface area contributed by atoms with E-state index in [4.69, 9.17) is 32.7 Å². The van der Waals surface area contributed by atoms with Gasteiger partial charge in [0.2, 0.25) is 5.91 Å². The van der Waals surface area contributed by atoms with Crippen molar-refractivity contribution < 1.29 is 14.3 Å². The van der Waals surface area contributed by atoms with E-state index in [1.165, 1.54) is 5.56 Å². The molecule has 0 aliphatic carbocycles. The van der Waals surface area contributed by atoms with Crippen LogP contribution >= 0.6 is 23.2 Å². The molecule has 36 heavy (non-hydrogen) atoms. The first-order valence-corrected chi connectivity index (χ1v) is 12.6. The number of nitrogens with one attached hydrogen (secondary N) is 1. The van der Waals surface area contributed by atoms with Gasteiger partial charge in [0, 0.05) is 39.7 Å². The lowest BCUT2D eigenvalue weighted by Gasteiger charge is -2.49. The van der Waals surface area contributed by atoms with E-state index in [1.54, 1.807) is 19.2 Å². The summed E-state index contributed by atoms with van der Waals surface area (Å²) in [5, 5.41) is 4.45. The Labute approximate surface area is 221 Å². The zero-order valence-corrected chi connectivity index (χ0v) is 22.0. The number of methoxy groups -OCH3 is 1. The highest BCUT2D eigenvalue weighted by Crippen LogP contribution is 2.52. The van der Waals surface area contributed by atoms with E-state index >= 15 is 0 Å². The first-order valence-electron chi connectivity index (χ1n) is 11.9. The van der Waals surface area contributed by atoms with E-state index in [9.17, 15) is 4.79 Å². The second-order valence-electron chi connectivity index (χ2n) is 9.63. The maximum absolute atomic E-state index is 12.6. The molecule has 3 aromatic carbocycles. The fraction of sp³-hybridized carbons (Fsp3) is 0.276. The molecule has 5 nitrogen and oxygen atoms in total. The highest BCUT2D eigenvalue weighted by Gasteiger charge is 2.57. The van der Waals surface area contributed by atoms with Crippen LogP contribution in [0.5, 0.6) is 11.5 Å². The van der Waals surface area contributed by atoms with Gasteiger partial charge < -0.3 is 19.7 Å². The first-order chi connectivity index (χ1) is 17.2. The number of anilines is 1. The molecule has 2 heterocycles. The summed E-state index contributed by atoms with van der Waals surface area (Å²) >= 11 is 12.3. The van der Waals surface area contributed by atoms with Crippen LogP contribution in [-0.2, 0) is 16.8 Å². The number of hydrogen-bond donors (Lipinski definition) is 1. The number of ether oxygens (including phenoxy) is 2. The molecule has 1 unspecified atom stereocenters. The summed E-state index contributed by atoms with van der Waals surface area (Å²) in [6, 6.07) is 19.5. The number of halogens is 2. The van der Waals surface area contributed by atoms with E-state index in [0.717, 1.165) is 16.8 Å². The van der Waals surface area contributed by atoms with Gasteiger partial charge in [-0.1, -0.05) is 73.5 Å². The minimum atomic E-state index is -0.667. The van der Waals surface area contributed by atoms with Crippen molar-refractivity contribution in [1.82, 2.24) is 5.32 Å². The molecule has 3 aromatic rings. The summed E-state index contributed by atoms with van der Waals surface area (Å²) < 4.78 is 11.6. The molecule has 5 rings (SSSR count). The summed E-state index contributed by atoms with van der Waals surface area (Å²) in [6.45, 7) is 5.32. The van der Waals surface area contributed by atoms with E-state index < -0.39 is 5.66 Å². The average molecular weight is 523 g/mol. The number of carbonyl (C=O) groups excluding carboxylic acids is 1. The Bertz CT molecular complexity index is 1350. The van der Waals surface area contributed by atoms with Crippen LogP contribution in [0.2, 0.25) is 10.0 Å². The lowest BCUT2D eigenvalue weighted by molar-refractivity contribution is -0.124. The lowest BCUT2D eigenvalue weighted by atomic mass is 9.74. The van der Waals surface area contributed by atoms with Gasteiger partial charge in [0.15, 0.2) is 11.5 Å². The molecule has 0 bridgehead atoms. The van der Waals surface area contributed by atoms with Crippen molar-refractivity contribution in [2.75, 3.05) is 18.6 Å². The summed E-state index contributed by atoms with van der Waals surface area (Å²) in [5.74, 6) is 1.28. The summed E-state index contributed by atoms with van der Waals surface area (Å²) in [7, 11) is 1.61. The highest BCUT2D eigenvalue weighted by atomic mass is 35.5. The van der Waals surface area contributed by atoms with Gasteiger partial charge in [-0.3, -0.25) is 4.79 Å². The van der Waals surface area contributed by atoms with Crippen molar-refractivity contribution in [3.63, 3.8) is 0 Å². The summed E-state index contributed by atoms with van der Waals surface area (Å²) in [6.07, 6.45) is 4.61. The Hall–Kier alpha value is -3.15. The number of fused-ring (bicyclic) bond motifs is 3. The molecule has 2 aliphatic rings. The third kappa shape index (κ3) is 4.10. The fourth-order valence-electron chi connectivity index (χ4n) is 5.24. The molecule has 0 aromatic heterocycles. The van der Waals surface area contributed by atoms with Crippen LogP contribution in [0.3, 0.4) is 0 Å². The Morgan fingerprint density at radius 2 is 1.86 bits per heavy atom. The third-order valence-corrected chi connectivity index (χ3v) is 7.83. The molecule has 1 atom stereocenters. The number of hydrogen-bond acceptors (Lipinski definition) is 4. The molecular weight excluding hydrogens is 495 g/mol. The predicted octanol–water partition coefficient (Wildman–Crippen LogP) is 6.61. The van der Waals surface area contributed by atoms with Crippen molar-refractivity contribution in [2.45, 2.75) is 38.0 Å². The normalized spacial score (nSPS) is 20.1. The highest BCUT2D eigenvalue weighted by molar-refractivity contribution is 6.35. The topological polar surface area (TPSA) is 50.8 Å². The number of benzene rings is 3. The average Bonchev–Trinajstić information content (AvgIpc) is 3.06. The third-order valence-electron chi connectivity index (χ3n) is 7.24. The molecule has 0 spiro atoms. The van der Waals surface area contributed by atoms with Crippen molar-refractivity contribution in [3.8, 4) is 11.5 Å². The minimum absolute atomic E-state index is 0.0546. The molecule has 0 saturated carbocycles. The van der Waals surface area contributed by atoms with Crippen LogP contribution in [0.4, 0.5) is 5.69 Å².